The Morgan fingerprint density at radius 3 is 2.57 bits per heavy atom. The lowest BCUT2D eigenvalue weighted by molar-refractivity contribution is 0.279. The number of rotatable bonds is 6. The molecule has 2 aromatic heterocycles. The minimum Gasteiger partial charge on any atom is -0.497 e. The van der Waals surface area contributed by atoms with Crippen LogP contribution in [0.15, 0.2) is 68.6 Å². The maximum absolute atomic E-state index is 12.5. The SMILES string of the molecule is CCc1cc(=O)oc2nc(OCc3cccc(-c4cccc(OC)c4)c3)[nH]c(=O)c12. The number of aromatic nitrogens is 2. The fourth-order valence-electron chi connectivity index (χ4n) is 3.27. The summed E-state index contributed by atoms with van der Waals surface area (Å²) in [5.74, 6) is 0.778. The smallest absolute Gasteiger partial charge is 0.337 e. The first-order valence-electron chi connectivity index (χ1n) is 9.50. The molecule has 0 atom stereocenters. The number of fused-ring (bicyclic) bond motifs is 1. The molecule has 0 aliphatic carbocycles. The molecular weight excluding hydrogens is 384 g/mol. The summed E-state index contributed by atoms with van der Waals surface area (Å²) in [5, 5.41) is 0.268. The number of nitrogens with one attached hydrogen (secondary N) is 1. The second-order valence-electron chi connectivity index (χ2n) is 6.72. The lowest BCUT2D eigenvalue weighted by Crippen LogP contribution is -2.15. The zero-order chi connectivity index (χ0) is 21.1. The number of benzene rings is 2. The van der Waals surface area contributed by atoms with E-state index >= 15 is 0 Å². The molecule has 0 saturated carbocycles. The van der Waals surface area contributed by atoms with Gasteiger partial charge in [0.25, 0.3) is 11.6 Å². The van der Waals surface area contributed by atoms with E-state index in [1.165, 1.54) is 6.07 Å². The van der Waals surface area contributed by atoms with Crippen LogP contribution < -0.4 is 20.7 Å². The number of aryl methyl sites for hydroxylation is 1. The molecule has 152 valence electrons. The van der Waals surface area contributed by atoms with E-state index in [-0.39, 0.29) is 23.7 Å². The standard InChI is InChI=1S/C23H20N2O5/c1-3-15-12-19(26)30-22-20(15)21(27)24-23(25-22)29-13-14-6-4-7-16(10-14)17-8-5-9-18(11-17)28-2/h4-12H,3,13H2,1-2H3,(H,24,25,27). The number of hydrogen-bond donors (Lipinski definition) is 1. The van der Waals surface area contributed by atoms with Crippen LogP contribution in [0, 0.1) is 0 Å². The summed E-state index contributed by atoms with van der Waals surface area (Å²) in [6.45, 7) is 2.04. The van der Waals surface area contributed by atoms with E-state index in [4.69, 9.17) is 13.9 Å². The van der Waals surface area contributed by atoms with Crippen molar-refractivity contribution in [1.82, 2.24) is 9.97 Å². The number of hydrogen-bond acceptors (Lipinski definition) is 6. The molecule has 0 spiro atoms. The van der Waals surface area contributed by atoms with Crippen molar-refractivity contribution >= 4 is 11.1 Å². The van der Waals surface area contributed by atoms with Gasteiger partial charge in [-0.1, -0.05) is 37.3 Å². The van der Waals surface area contributed by atoms with Gasteiger partial charge in [-0.15, -0.1) is 0 Å². The summed E-state index contributed by atoms with van der Waals surface area (Å²) in [6, 6.07) is 16.9. The molecule has 0 aliphatic rings. The van der Waals surface area contributed by atoms with E-state index < -0.39 is 11.2 Å². The second kappa shape index (κ2) is 8.24. The molecule has 0 radical (unpaired) electrons. The summed E-state index contributed by atoms with van der Waals surface area (Å²) < 4.78 is 16.1. The molecule has 0 aliphatic heterocycles. The van der Waals surface area contributed by atoms with Gasteiger partial charge in [0, 0.05) is 6.07 Å². The van der Waals surface area contributed by atoms with Gasteiger partial charge in [0.15, 0.2) is 0 Å². The van der Waals surface area contributed by atoms with Crippen molar-refractivity contribution in [2.75, 3.05) is 7.11 Å². The van der Waals surface area contributed by atoms with E-state index in [1.54, 1.807) is 7.11 Å². The zero-order valence-electron chi connectivity index (χ0n) is 16.6. The molecule has 1 N–H and O–H groups in total. The van der Waals surface area contributed by atoms with Gasteiger partial charge in [-0.3, -0.25) is 9.78 Å². The quantitative estimate of drug-likeness (QED) is 0.527. The third kappa shape index (κ3) is 3.96. The Balaban J connectivity index is 1.60. The number of aromatic amines is 1. The molecule has 0 saturated heterocycles. The van der Waals surface area contributed by atoms with E-state index in [2.05, 4.69) is 9.97 Å². The fraction of sp³-hybridized carbons (Fsp3) is 0.174. The van der Waals surface area contributed by atoms with Gasteiger partial charge in [0.2, 0.25) is 5.71 Å². The molecule has 2 aromatic carbocycles. The second-order valence-corrected chi connectivity index (χ2v) is 6.72. The molecule has 4 rings (SSSR count). The van der Waals surface area contributed by atoms with Gasteiger partial charge >= 0.3 is 5.63 Å². The highest BCUT2D eigenvalue weighted by molar-refractivity contribution is 5.75. The highest BCUT2D eigenvalue weighted by Gasteiger charge is 2.12. The topological polar surface area (TPSA) is 94.4 Å². The molecule has 2 heterocycles. The lowest BCUT2D eigenvalue weighted by Gasteiger charge is -2.09. The third-order valence-corrected chi connectivity index (χ3v) is 4.76. The zero-order valence-corrected chi connectivity index (χ0v) is 16.6. The van der Waals surface area contributed by atoms with Crippen molar-refractivity contribution in [2.24, 2.45) is 0 Å². The van der Waals surface area contributed by atoms with Gasteiger partial charge in [-0.25, -0.2) is 4.79 Å². The molecule has 0 fully saturated rings. The number of nitrogens with zero attached hydrogens (tertiary/aromatic N) is 1. The average molecular weight is 404 g/mol. The van der Waals surface area contributed by atoms with Gasteiger partial charge in [-0.05, 0) is 46.9 Å². The molecule has 0 unspecified atom stereocenters. The third-order valence-electron chi connectivity index (χ3n) is 4.76. The van der Waals surface area contributed by atoms with Crippen LogP contribution in [0.5, 0.6) is 11.8 Å². The van der Waals surface area contributed by atoms with Crippen LogP contribution in [0.2, 0.25) is 0 Å². The van der Waals surface area contributed by atoms with Crippen LogP contribution in [0.3, 0.4) is 0 Å². The molecule has 0 amide bonds. The Kier molecular flexibility index (Phi) is 5.34. The van der Waals surface area contributed by atoms with Gasteiger partial charge in [-0.2, -0.15) is 4.98 Å². The van der Waals surface area contributed by atoms with E-state index in [0.717, 1.165) is 22.4 Å². The first-order chi connectivity index (χ1) is 14.6. The van der Waals surface area contributed by atoms with Gasteiger partial charge in [0.1, 0.15) is 17.7 Å². The summed E-state index contributed by atoms with van der Waals surface area (Å²) in [7, 11) is 1.63. The van der Waals surface area contributed by atoms with Crippen molar-refractivity contribution in [1.29, 1.82) is 0 Å². The number of H-pyrrole nitrogens is 1. The normalized spacial score (nSPS) is 10.9. The van der Waals surface area contributed by atoms with Crippen LogP contribution in [0.4, 0.5) is 0 Å². The Bertz CT molecular complexity index is 1320. The average Bonchev–Trinajstić information content (AvgIpc) is 2.77. The van der Waals surface area contributed by atoms with Crippen LogP contribution in [-0.4, -0.2) is 17.1 Å². The molecule has 7 heteroatoms. The highest BCUT2D eigenvalue weighted by Crippen LogP contribution is 2.25. The molecule has 7 nitrogen and oxygen atoms in total. The minimum atomic E-state index is -0.547. The highest BCUT2D eigenvalue weighted by atomic mass is 16.5. The van der Waals surface area contributed by atoms with Gasteiger partial charge < -0.3 is 13.9 Å². The maximum Gasteiger partial charge on any atom is 0.337 e. The lowest BCUT2D eigenvalue weighted by atomic mass is 10.0. The molecule has 4 aromatic rings. The summed E-state index contributed by atoms with van der Waals surface area (Å²) >= 11 is 0. The fourth-order valence-corrected chi connectivity index (χ4v) is 3.27. The van der Waals surface area contributed by atoms with Gasteiger partial charge in [0.05, 0.1) is 7.11 Å². The molecule has 0 bridgehead atoms. The predicted molar refractivity (Wildman–Crippen MR) is 113 cm³/mol. The van der Waals surface area contributed by atoms with Crippen molar-refractivity contribution < 1.29 is 13.9 Å². The number of methoxy groups -OCH3 is 1. The molecule has 30 heavy (non-hydrogen) atoms. The monoisotopic (exact) mass is 404 g/mol. The van der Waals surface area contributed by atoms with E-state index in [1.807, 2.05) is 55.5 Å². The Morgan fingerprint density at radius 1 is 1.03 bits per heavy atom. The van der Waals surface area contributed by atoms with E-state index in [9.17, 15) is 9.59 Å². The maximum atomic E-state index is 12.5. The Hall–Kier alpha value is -3.87. The van der Waals surface area contributed by atoms with Crippen molar-refractivity contribution in [3.8, 4) is 22.9 Å². The number of ether oxygens (including phenoxy) is 2. The molecular formula is C23H20N2O5. The van der Waals surface area contributed by atoms with Crippen LogP contribution in [0.25, 0.3) is 22.2 Å². The first-order valence-corrected chi connectivity index (χ1v) is 9.50. The summed E-state index contributed by atoms with van der Waals surface area (Å²) in [6.07, 6.45) is 0.518. The van der Waals surface area contributed by atoms with Crippen molar-refractivity contribution in [2.45, 2.75) is 20.0 Å². The summed E-state index contributed by atoms with van der Waals surface area (Å²) in [4.78, 5) is 30.9. The largest absolute Gasteiger partial charge is 0.497 e. The minimum absolute atomic E-state index is 0.00399. The van der Waals surface area contributed by atoms with Crippen molar-refractivity contribution in [3.63, 3.8) is 0 Å². The van der Waals surface area contributed by atoms with Crippen molar-refractivity contribution in [3.05, 3.63) is 86.5 Å². The van der Waals surface area contributed by atoms with Crippen LogP contribution in [0.1, 0.15) is 18.1 Å². The first kappa shape index (κ1) is 19.4. The Morgan fingerprint density at radius 2 is 1.80 bits per heavy atom. The van der Waals surface area contributed by atoms with E-state index in [0.29, 0.717) is 12.0 Å². The summed E-state index contributed by atoms with van der Waals surface area (Å²) in [5.41, 5.74) is 2.53. The van der Waals surface area contributed by atoms with Crippen LogP contribution in [-0.2, 0) is 13.0 Å². The van der Waals surface area contributed by atoms with Crippen LogP contribution >= 0.6 is 0 Å². The predicted octanol–water partition coefficient (Wildman–Crippen LogP) is 3.69. The Labute approximate surface area is 171 Å².